The largest absolute Gasteiger partial charge is 0.354 e. The number of benzene rings is 2. The highest BCUT2D eigenvalue weighted by Crippen LogP contribution is 2.24. The third-order valence-corrected chi connectivity index (χ3v) is 6.20. The van der Waals surface area contributed by atoms with E-state index in [4.69, 9.17) is 12.2 Å². The first-order valence-corrected chi connectivity index (χ1v) is 11.3. The van der Waals surface area contributed by atoms with Crippen LogP contribution in [0.2, 0.25) is 0 Å². The van der Waals surface area contributed by atoms with Crippen molar-refractivity contribution in [1.29, 1.82) is 0 Å². The van der Waals surface area contributed by atoms with Gasteiger partial charge in [0.25, 0.3) is 0 Å². The van der Waals surface area contributed by atoms with Gasteiger partial charge < -0.3 is 5.32 Å². The fourth-order valence-electron chi connectivity index (χ4n) is 4.15. The summed E-state index contributed by atoms with van der Waals surface area (Å²) in [4.78, 5) is 15.2. The number of nitrogens with one attached hydrogen (secondary N) is 2. The van der Waals surface area contributed by atoms with Crippen LogP contribution in [0.3, 0.4) is 0 Å². The van der Waals surface area contributed by atoms with Crippen LogP contribution in [-0.2, 0) is 11.3 Å². The van der Waals surface area contributed by atoms with Crippen LogP contribution < -0.4 is 5.32 Å². The molecular weight excluding hydrogens is 406 g/mol. The fraction of sp³-hybridized carbons (Fsp3) is 0.375. The van der Waals surface area contributed by atoms with Crippen LogP contribution in [0.15, 0.2) is 54.6 Å². The Kier molecular flexibility index (Phi) is 6.94. The van der Waals surface area contributed by atoms with Crippen LogP contribution in [0.25, 0.3) is 11.4 Å². The summed E-state index contributed by atoms with van der Waals surface area (Å²) in [7, 11) is 0. The zero-order chi connectivity index (χ0) is 21.6. The van der Waals surface area contributed by atoms with E-state index < -0.39 is 0 Å². The van der Waals surface area contributed by atoms with Gasteiger partial charge in [-0.1, -0.05) is 60.2 Å². The summed E-state index contributed by atoms with van der Waals surface area (Å²) >= 11 is 5.40. The van der Waals surface area contributed by atoms with E-state index in [2.05, 4.69) is 51.6 Å². The molecule has 1 atom stereocenters. The molecule has 2 N–H and O–H groups in total. The van der Waals surface area contributed by atoms with Crippen LogP contribution in [0.5, 0.6) is 0 Å². The summed E-state index contributed by atoms with van der Waals surface area (Å²) in [6.45, 7) is 5.32. The third-order valence-electron chi connectivity index (χ3n) is 5.89. The molecule has 31 heavy (non-hydrogen) atoms. The van der Waals surface area contributed by atoms with Gasteiger partial charge in [-0.3, -0.25) is 19.4 Å². The summed E-state index contributed by atoms with van der Waals surface area (Å²) in [5.74, 6) is 0.787. The first-order chi connectivity index (χ1) is 15.1. The number of amides is 1. The number of nitrogens with zero attached hydrogens (tertiary/aromatic N) is 3. The monoisotopic (exact) mass is 435 g/mol. The predicted molar refractivity (Wildman–Crippen MR) is 125 cm³/mol. The number of carbonyl (C=O) groups excluding carboxylic acids is 1. The summed E-state index contributed by atoms with van der Waals surface area (Å²) in [6, 6.07) is 18.8. The number of likely N-dealkylation sites (tertiary alicyclic amines) is 1. The van der Waals surface area contributed by atoms with Gasteiger partial charge in [-0.05, 0) is 50.6 Å². The highest BCUT2D eigenvalue weighted by molar-refractivity contribution is 7.71. The van der Waals surface area contributed by atoms with Gasteiger partial charge in [-0.2, -0.15) is 5.10 Å². The normalized spacial score (nSPS) is 15.1. The molecule has 1 aliphatic heterocycles. The Labute approximate surface area is 188 Å². The molecule has 2 heterocycles. The minimum Gasteiger partial charge on any atom is -0.354 e. The van der Waals surface area contributed by atoms with E-state index in [0.29, 0.717) is 24.3 Å². The van der Waals surface area contributed by atoms with Crippen molar-refractivity contribution >= 4 is 18.1 Å². The van der Waals surface area contributed by atoms with Gasteiger partial charge in [0.05, 0.1) is 6.04 Å². The molecule has 0 unspecified atom stereocenters. The van der Waals surface area contributed by atoms with Crippen molar-refractivity contribution in [2.75, 3.05) is 19.6 Å². The Morgan fingerprint density at radius 1 is 1.13 bits per heavy atom. The molecule has 3 aromatic rings. The second kappa shape index (κ2) is 10.0. The van der Waals surface area contributed by atoms with Crippen LogP contribution in [-0.4, -0.2) is 45.2 Å². The summed E-state index contributed by atoms with van der Waals surface area (Å²) in [5.41, 5.74) is 3.43. The second-order valence-corrected chi connectivity index (χ2v) is 8.48. The van der Waals surface area contributed by atoms with Crippen LogP contribution >= 0.6 is 12.2 Å². The number of carbonyl (C=O) groups is 1. The van der Waals surface area contributed by atoms with E-state index in [1.807, 2.05) is 34.9 Å². The highest BCUT2D eigenvalue weighted by Gasteiger charge is 2.23. The van der Waals surface area contributed by atoms with Crippen molar-refractivity contribution in [2.45, 2.75) is 38.8 Å². The summed E-state index contributed by atoms with van der Waals surface area (Å²) < 4.78 is 2.43. The van der Waals surface area contributed by atoms with E-state index in [1.165, 1.54) is 24.0 Å². The zero-order valence-corrected chi connectivity index (χ0v) is 18.7. The number of hydrogen-bond acceptors (Lipinski definition) is 4. The number of hydrogen-bond donors (Lipinski definition) is 2. The Morgan fingerprint density at radius 2 is 1.84 bits per heavy atom. The second-order valence-electron chi connectivity index (χ2n) is 8.09. The molecule has 7 heteroatoms. The Morgan fingerprint density at radius 3 is 2.55 bits per heavy atom. The average molecular weight is 436 g/mol. The van der Waals surface area contributed by atoms with Crippen molar-refractivity contribution < 1.29 is 4.79 Å². The lowest BCUT2D eigenvalue weighted by atomic mass is 10.1. The van der Waals surface area contributed by atoms with Crippen molar-refractivity contribution in [3.63, 3.8) is 0 Å². The van der Waals surface area contributed by atoms with Gasteiger partial charge in [0.1, 0.15) is 0 Å². The topological polar surface area (TPSA) is 66.0 Å². The SMILES string of the molecule is Cc1ccc(-c2n[nH]c(=S)n2CCC(=O)NC[C@H](c2ccccc2)N2CCCC2)cc1. The first kappa shape index (κ1) is 21.5. The lowest BCUT2D eigenvalue weighted by molar-refractivity contribution is -0.121. The van der Waals surface area contributed by atoms with Gasteiger partial charge in [0, 0.05) is 25.1 Å². The molecule has 0 bridgehead atoms. The molecule has 1 fully saturated rings. The van der Waals surface area contributed by atoms with Crippen LogP contribution in [0.4, 0.5) is 0 Å². The summed E-state index contributed by atoms with van der Waals surface area (Å²) in [6.07, 6.45) is 2.80. The van der Waals surface area contributed by atoms with Crippen molar-refractivity contribution in [3.8, 4) is 11.4 Å². The van der Waals surface area contributed by atoms with Crippen LogP contribution in [0, 0.1) is 11.7 Å². The molecule has 1 saturated heterocycles. The van der Waals surface area contributed by atoms with E-state index in [0.717, 1.165) is 24.5 Å². The van der Waals surface area contributed by atoms with Gasteiger partial charge in [-0.25, -0.2) is 0 Å². The number of rotatable bonds is 8. The Bertz CT molecular complexity index is 1050. The van der Waals surface area contributed by atoms with Crippen molar-refractivity contribution in [2.24, 2.45) is 0 Å². The number of aryl methyl sites for hydroxylation is 1. The molecule has 0 radical (unpaired) electrons. The smallest absolute Gasteiger partial charge is 0.221 e. The molecule has 1 aliphatic rings. The molecule has 0 spiro atoms. The van der Waals surface area contributed by atoms with E-state index in [-0.39, 0.29) is 11.9 Å². The van der Waals surface area contributed by atoms with Gasteiger partial charge in [-0.15, -0.1) is 0 Å². The Balaban J connectivity index is 1.39. The molecule has 1 aromatic heterocycles. The molecular formula is C24H29N5OS. The molecule has 162 valence electrons. The van der Waals surface area contributed by atoms with Crippen molar-refractivity contribution in [1.82, 2.24) is 25.0 Å². The number of H-pyrrole nitrogens is 1. The minimum atomic E-state index is 0.0260. The maximum absolute atomic E-state index is 12.7. The maximum Gasteiger partial charge on any atom is 0.221 e. The molecule has 2 aromatic carbocycles. The molecule has 6 nitrogen and oxygen atoms in total. The van der Waals surface area contributed by atoms with Crippen LogP contribution in [0.1, 0.15) is 36.4 Å². The lowest BCUT2D eigenvalue weighted by Gasteiger charge is -2.28. The minimum absolute atomic E-state index is 0.0260. The van der Waals surface area contributed by atoms with E-state index in [9.17, 15) is 4.79 Å². The maximum atomic E-state index is 12.7. The molecule has 0 saturated carbocycles. The molecule has 1 amide bonds. The zero-order valence-electron chi connectivity index (χ0n) is 17.9. The molecule has 4 rings (SSSR count). The predicted octanol–water partition coefficient (Wildman–Crippen LogP) is 4.26. The van der Waals surface area contributed by atoms with E-state index in [1.54, 1.807) is 0 Å². The highest BCUT2D eigenvalue weighted by atomic mass is 32.1. The standard InChI is InChI=1S/C24H29N5OS/c1-18-9-11-20(12-10-18)23-26-27-24(31)29(23)16-13-22(30)25-17-21(28-14-5-6-15-28)19-7-3-2-4-8-19/h2-4,7-12,21H,5-6,13-17H2,1H3,(H,25,30)(H,27,31)/t21-/m1/s1. The number of aromatic nitrogens is 3. The first-order valence-electron chi connectivity index (χ1n) is 10.9. The van der Waals surface area contributed by atoms with E-state index >= 15 is 0 Å². The fourth-order valence-corrected chi connectivity index (χ4v) is 4.37. The van der Waals surface area contributed by atoms with Gasteiger partial charge >= 0.3 is 0 Å². The quantitative estimate of drug-likeness (QED) is 0.519. The average Bonchev–Trinajstić information content (AvgIpc) is 3.44. The molecule has 0 aliphatic carbocycles. The Hall–Kier alpha value is -2.77. The van der Waals surface area contributed by atoms with Gasteiger partial charge in [0.15, 0.2) is 10.6 Å². The van der Waals surface area contributed by atoms with Crippen molar-refractivity contribution in [3.05, 3.63) is 70.5 Å². The van der Waals surface area contributed by atoms with Gasteiger partial charge in [0.2, 0.25) is 5.91 Å². The number of aromatic amines is 1. The lowest BCUT2D eigenvalue weighted by Crippen LogP contribution is -2.37. The third kappa shape index (κ3) is 5.29. The summed E-state index contributed by atoms with van der Waals surface area (Å²) in [5, 5.41) is 10.4.